The van der Waals surface area contributed by atoms with Gasteiger partial charge in [-0.2, -0.15) is 54.8 Å². The van der Waals surface area contributed by atoms with E-state index in [9.17, 15) is 86.5 Å². The molecule has 32 heteroatoms. The van der Waals surface area contributed by atoms with Crippen molar-refractivity contribution in [2.45, 2.75) is 35.3 Å². The maximum Gasteiger partial charge on any atom is 0.425 e. The van der Waals surface area contributed by atoms with Crippen LogP contribution >= 0.6 is 0 Å². The highest BCUT2D eigenvalue weighted by atomic mass is 32.2. The van der Waals surface area contributed by atoms with Crippen LogP contribution in [0.25, 0.3) is 82.5 Å². The largest absolute Gasteiger partial charge is 0.425 e. The molecule has 105 heavy (non-hydrogen) atoms. The van der Waals surface area contributed by atoms with E-state index in [-0.39, 0.29) is 49.7 Å². The summed E-state index contributed by atoms with van der Waals surface area (Å²) in [5.74, 6) is -1.30. The second-order valence-electron chi connectivity index (χ2n) is 24.8. The number of para-hydroxylation sites is 3. The lowest BCUT2D eigenvalue weighted by molar-refractivity contribution is -0.383. The van der Waals surface area contributed by atoms with E-state index in [2.05, 4.69) is 20.0 Å². The molecule has 0 saturated carbocycles. The standard InChI is InChI=1S/C25H20F4N4O3S.C24H16F4N4O3.C24H18F4N4O/c1-32-14-20(19-4-3-5-21(23(19)32)31-37(2,35)36)24(34,25(27,28)29)16-6-11-22-15(12-16)13-30-33(22)18-9-7-17(26)8-10-18;1-30-13-19(18-3-2-4-21(22(18)30)32(34)35)23(33,24(26,27)28)15-5-10-20-14(11-15)12-29-31(20)17-8-6-16(25)7-9-17;1-31-13-19(18-3-2-4-20(29)22(18)31)23(33,24(26,27)28)15-5-10-21-14(11-15)12-30-32(21)17-8-6-16(25)7-9-17/h3-14,31,34H,1-2H3;2-13,33H,1H3;2-13,33H,29H2,1H3. The highest BCUT2D eigenvalue weighted by Crippen LogP contribution is 2.52. The second-order valence-corrected chi connectivity index (χ2v) is 26.5. The number of aromatic nitrogens is 9. The van der Waals surface area contributed by atoms with Gasteiger partial charge in [0.05, 0.1) is 85.8 Å². The average Bonchev–Trinajstić information content (AvgIpc) is 1.63. The van der Waals surface area contributed by atoms with E-state index < -0.39 is 90.0 Å². The first-order chi connectivity index (χ1) is 49.4. The summed E-state index contributed by atoms with van der Waals surface area (Å²) >= 11 is 0. The fourth-order valence-electron chi connectivity index (χ4n) is 13.3. The van der Waals surface area contributed by atoms with Crippen molar-refractivity contribution < 1.29 is 81.3 Å². The molecule has 6 heterocycles. The third kappa shape index (κ3) is 12.3. The lowest BCUT2D eigenvalue weighted by Gasteiger charge is -2.31. The molecule has 0 aliphatic heterocycles. The van der Waals surface area contributed by atoms with Gasteiger partial charge in [0.15, 0.2) is 0 Å². The van der Waals surface area contributed by atoms with E-state index in [0.29, 0.717) is 61.0 Å². The third-order valence-corrected chi connectivity index (χ3v) is 18.7. The number of nitro groups is 1. The Hall–Kier alpha value is -12.0. The number of rotatable bonds is 12. The van der Waals surface area contributed by atoms with E-state index in [0.717, 1.165) is 30.8 Å². The molecule has 538 valence electrons. The predicted octanol–water partition coefficient (Wildman–Crippen LogP) is 15.2. The van der Waals surface area contributed by atoms with Gasteiger partial charge in [0.2, 0.25) is 26.8 Å². The zero-order chi connectivity index (χ0) is 75.4. The van der Waals surface area contributed by atoms with Crippen molar-refractivity contribution in [1.29, 1.82) is 0 Å². The predicted molar refractivity (Wildman–Crippen MR) is 369 cm³/mol. The Kier molecular flexibility index (Phi) is 17.5. The molecule has 6 aromatic heterocycles. The third-order valence-electron chi connectivity index (χ3n) is 18.1. The van der Waals surface area contributed by atoms with Crippen LogP contribution < -0.4 is 10.5 Å². The second kappa shape index (κ2) is 25.8. The van der Waals surface area contributed by atoms with Gasteiger partial charge in [-0.05, 0) is 138 Å². The summed E-state index contributed by atoms with van der Waals surface area (Å²) in [6, 6.07) is 40.5. The molecule has 0 spiro atoms. The number of hydrogen-bond donors (Lipinski definition) is 5. The molecule has 0 aliphatic rings. The molecule has 3 unspecified atom stereocenters. The van der Waals surface area contributed by atoms with E-state index in [1.807, 2.05) is 0 Å². The number of aliphatic hydroxyl groups is 3. The number of sulfonamides is 1. The van der Waals surface area contributed by atoms with E-state index in [4.69, 9.17) is 5.73 Å². The Morgan fingerprint density at radius 2 is 0.762 bits per heavy atom. The number of nitrogens with zero attached hydrogens (tertiary/aromatic N) is 10. The first-order valence-electron chi connectivity index (χ1n) is 31.2. The number of nitrogen functional groups attached to an aromatic ring is 1. The maximum atomic E-state index is 14.7. The number of hydrogen-bond acceptors (Lipinski definition) is 11. The summed E-state index contributed by atoms with van der Waals surface area (Å²) < 4.78 is 205. The van der Waals surface area contributed by atoms with Crippen LogP contribution in [0.5, 0.6) is 0 Å². The number of nitrogens with one attached hydrogen (secondary N) is 1. The summed E-state index contributed by atoms with van der Waals surface area (Å²) in [6.45, 7) is 0. The van der Waals surface area contributed by atoms with E-state index in [1.54, 1.807) is 19.2 Å². The van der Waals surface area contributed by atoms with Crippen molar-refractivity contribution >= 4 is 92.5 Å². The number of halogens is 12. The number of benzene rings is 9. The van der Waals surface area contributed by atoms with Crippen LogP contribution in [0, 0.1) is 27.6 Å². The molecule has 6 N–H and O–H groups in total. The Morgan fingerprint density at radius 1 is 0.448 bits per heavy atom. The van der Waals surface area contributed by atoms with Gasteiger partial charge < -0.3 is 34.8 Å². The molecular weight excluding hydrogens is 1420 g/mol. The van der Waals surface area contributed by atoms with Crippen LogP contribution in [0.4, 0.5) is 69.7 Å². The van der Waals surface area contributed by atoms with Crippen molar-refractivity contribution in [2.75, 3.05) is 16.7 Å². The number of non-ortho nitro benzene ring substituents is 1. The van der Waals surface area contributed by atoms with Crippen molar-refractivity contribution in [1.82, 2.24) is 43.0 Å². The van der Waals surface area contributed by atoms with E-state index >= 15 is 0 Å². The Labute approximate surface area is 584 Å². The highest BCUT2D eigenvalue weighted by Gasteiger charge is 2.60. The van der Waals surface area contributed by atoms with Crippen LogP contribution in [0.2, 0.25) is 0 Å². The van der Waals surface area contributed by atoms with Crippen molar-refractivity contribution in [3.8, 4) is 17.1 Å². The van der Waals surface area contributed by atoms with Gasteiger partial charge in [-0.1, -0.05) is 54.6 Å². The molecule has 0 amide bonds. The molecule has 9 aromatic carbocycles. The van der Waals surface area contributed by atoms with Gasteiger partial charge in [0.25, 0.3) is 5.69 Å². The number of aryl methyl sites for hydroxylation is 3. The zero-order valence-corrected chi connectivity index (χ0v) is 55.6. The number of nitrogens with two attached hydrogens (primary N) is 1. The average molecular weight is 1470 g/mol. The minimum Gasteiger partial charge on any atom is -0.397 e. The number of fused-ring (bicyclic) bond motifs is 6. The Morgan fingerprint density at radius 3 is 1.10 bits per heavy atom. The van der Waals surface area contributed by atoms with Crippen LogP contribution in [-0.4, -0.2) is 96.5 Å². The quantitative estimate of drug-likeness (QED) is 0.0333. The number of anilines is 2. The molecule has 0 aliphatic carbocycles. The van der Waals surface area contributed by atoms with Gasteiger partial charge in [-0.15, -0.1) is 0 Å². The van der Waals surface area contributed by atoms with Gasteiger partial charge in [-0.3, -0.25) is 14.8 Å². The van der Waals surface area contributed by atoms with E-state index in [1.165, 1.54) is 224 Å². The lowest BCUT2D eigenvalue weighted by atomic mass is 9.85. The van der Waals surface area contributed by atoms with Gasteiger partial charge >= 0.3 is 18.5 Å². The Bertz CT molecular complexity index is 6030. The first kappa shape index (κ1) is 71.4. The normalized spacial score (nSPS) is 14.1. The summed E-state index contributed by atoms with van der Waals surface area (Å²) in [7, 11) is 0.705. The monoisotopic (exact) mass is 1470 g/mol. The molecule has 0 bridgehead atoms. The summed E-state index contributed by atoms with van der Waals surface area (Å²) in [5, 5.41) is 59.2. The smallest absolute Gasteiger partial charge is 0.397 e. The minimum absolute atomic E-state index is 0.0260. The SMILES string of the molecule is Cn1cc(C(O)(c2ccc3c(cnn3-c3ccc(F)cc3)c2)C(F)(F)F)c2cccc(N)c21.Cn1cc(C(O)(c2ccc3c(cnn3-c3ccc(F)cc3)c2)C(F)(F)F)c2cccc(NS(C)(=O)=O)c21.Cn1cc(C(O)(c2ccc3c(cnn3-c3ccc(F)cc3)c2)C(F)(F)F)c2cccc([N+](=O)[O-])c21. The Balaban J connectivity index is 0.000000140. The minimum atomic E-state index is -5.16. The van der Waals surface area contributed by atoms with Crippen molar-refractivity contribution in [2.24, 2.45) is 21.1 Å². The summed E-state index contributed by atoms with van der Waals surface area (Å²) in [5.41, 5.74) is -3.25. The van der Waals surface area contributed by atoms with Crippen LogP contribution in [0.1, 0.15) is 33.4 Å². The fraction of sp³-hybridized carbons (Fsp3) is 0.137. The summed E-state index contributed by atoms with van der Waals surface area (Å²) in [4.78, 5) is 10.8. The molecule has 0 saturated heterocycles. The molecule has 0 fully saturated rings. The first-order valence-corrected chi connectivity index (χ1v) is 33.0. The van der Waals surface area contributed by atoms with Gasteiger partial charge in [0, 0.05) is 94.8 Å². The molecule has 19 nitrogen and oxygen atoms in total. The zero-order valence-electron chi connectivity index (χ0n) is 54.8. The fourth-order valence-corrected chi connectivity index (χ4v) is 13.8. The topological polar surface area (TPSA) is 244 Å². The maximum absolute atomic E-state index is 14.7. The molecule has 15 rings (SSSR count). The lowest BCUT2D eigenvalue weighted by Crippen LogP contribution is -2.43. The molecule has 3 atom stereocenters. The molecule has 15 aromatic rings. The summed E-state index contributed by atoms with van der Waals surface area (Å²) in [6.07, 6.45) is -6.84. The van der Waals surface area contributed by atoms with Crippen LogP contribution in [0.3, 0.4) is 0 Å². The van der Waals surface area contributed by atoms with Crippen LogP contribution in [-0.2, 0) is 48.0 Å². The molecule has 0 radical (unpaired) electrons. The molecular formula is C73H54F12N12O7S. The van der Waals surface area contributed by atoms with Crippen molar-refractivity contribution in [3.05, 3.63) is 280 Å². The van der Waals surface area contributed by atoms with Crippen LogP contribution in [0.15, 0.2) is 219 Å². The van der Waals surface area contributed by atoms with Gasteiger partial charge in [-0.25, -0.2) is 35.6 Å². The van der Waals surface area contributed by atoms with Gasteiger partial charge in [0.1, 0.15) is 23.0 Å². The van der Waals surface area contributed by atoms with Crippen molar-refractivity contribution in [3.63, 3.8) is 0 Å². The number of alkyl halides is 9. The highest BCUT2D eigenvalue weighted by molar-refractivity contribution is 7.92. The number of nitro benzene ring substituents is 1.